The number of thiocarbonyl (C=S) groups is 1. The van der Waals surface area contributed by atoms with E-state index in [1.54, 1.807) is 18.4 Å². The molecule has 116 valence electrons. The molecule has 0 saturated heterocycles. The van der Waals surface area contributed by atoms with Crippen molar-refractivity contribution in [3.63, 3.8) is 0 Å². The topological polar surface area (TPSA) is 66.3 Å². The van der Waals surface area contributed by atoms with Crippen LogP contribution in [0.3, 0.4) is 0 Å². The second kappa shape index (κ2) is 7.61. The van der Waals surface area contributed by atoms with Gasteiger partial charge in [-0.2, -0.15) is 0 Å². The highest BCUT2D eigenvalue weighted by Gasteiger charge is 2.04. The molecule has 2 rings (SSSR count). The van der Waals surface area contributed by atoms with Crippen molar-refractivity contribution >= 4 is 28.9 Å². The van der Waals surface area contributed by atoms with E-state index in [-0.39, 0.29) is 12.5 Å². The number of amides is 1. The van der Waals surface area contributed by atoms with Crippen LogP contribution in [0.5, 0.6) is 0 Å². The van der Waals surface area contributed by atoms with E-state index >= 15 is 0 Å². The van der Waals surface area contributed by atoms with Crippen LogP contribution < -0.4 is 16.0 Å². The quantitative estimate of drug-likeness (QED) is 0.740. The molecule has 0 aliphatic carbocycles. The number of furan rings is 1. The molecule has 0 fully saturated rings. The monoisotopic (exact) mass is 317 g/mol. The first-order valence-corrected chi connectivity index (χ1v) is 7.36. The van der Waals surface area contributed by atoms with Crippen molar-refractivity contribution in [1.82, 2.24) is 10.6 Å². The predicted octanol–water partition coefficient (Wildman–Crippen LogP) is 2.50. The van der Waals surface area contributed by atoms with Gasteiger partial charge in [-0.1, -0.05) is 6.07 Å². The molecular weight excluding hydrogens is 298 g/mol. The van der Waals surface area contributed by atoms with Gasteiger partial charge in [0.1, 0.15) is 5.76 Å². The van der Waals surface area contributed by atoms with Crippen LogP contribution in [0.2, 0.25) is 0 Å². The Morgan fingerprint density at radius 2 is 2.00 bits per heavy atom. The fourth-order valence-corrected chi connectivity index (χ4v) is 2.01. The molecule has 6 heteroatoms. The minimum atomic E-state index is -0.152. The zero-order valence-corrected chi connectivity index (χ0v) is 13.4. The van der Waals surface area contributed by atoms with Gasteiger partial charge >= 0.3 is 0 Å². The van der Waals surface area contributed by atoms with Crippen LogP contribution in [-0.4, -0.2) is 17.6 Å². The molecule has 0 bridgehead atoms. The molecule has 1 aromatic heterocycles. The summed E-state index contributed by atoms with van der Waals surface area (Å²) in [6.45, 7) is 4.57. The lowest BCUT2D eigenvalue weighted by atomic mass is 10.1. The Hall–Kier alpha value is -2.34. The zero-order valence-electron chi connectivity index (χ0n) is 12.6. The van der Waals surface area contributed by atoms with Crippen molar-refractivity contribution in [3.8, 4) is 0 Å². The summed E-state index contributed by atoms with van der Waals surface area (Å²) in [5, 5.41) is 9.08. The smallest absolute Gasteiger partial charge is 0.239 e. The summed E-state index contributed by atoms with van der Waals surface area (Å²) in [6.07, 6.45) is 1.57. The average Bonchev–Trinajstić information content (AvgIpc) is 3.00. The largest absolute Gasteiger partial charge is 0.467 e. The Balaban J connectivity index is 1.72. The van der Waals surface area contributed by atoms with Crippen molar-refractivity contribution in [3.05, 3.63) is 53.5 Å². The van der Waals surface area contributed by atoms with Gasteiger partial charge in [0.25, 0.3) is 0 Å². The molecule has 1 heterocycles. The number of hydrogen-bond acceptors (Lipinski definition) is 3. The first kappa shape index (κ1) is 16.0. The van der Waals surface area contributed by atoms with Crippen LogP contribution in [0, 0.1) is 13.8 Å². The number of carbonyl (C=O) groups excluding carboxylic acids is 1. The molecule has 5 nitrogen and oxygen atoms in total. The molecule has 0 unspecified atom stereocenters. The molecule has 0 aliphatic heterocycles. The third kappa shape index (κ3) is 4.89. The Bertz CT molecular complexity index is 653. The number of anilines is 1. The van der Waals surface area contributed by atoms with E-state index in [2.05, 4.69) is 22.9 Å². The first-order chi connectivity index (χ1) is 10.5. The van der Waals surface area contributed by atoms with E-state index < -0.39 is 0 Å². The summed E-state index contributed by atoms with van der Waals surface area (Å²) < 4.78 is 5.14. The van der Waals surface area contributed by atoms with Crippen LogP contribution in [0.25, 0.3) is 0 Å². The van der Waals surface area contributed by atoms with Crippen LogP contribution in [0.1, 0.15) is 16.9 Å². The molecular formula is C16H19N3O2S. The highest BCUT2D eigenvalue weighted by Crippen LogP contribution is 2.13. The molecule has 1 aromatic carbocycles. The second-order valence-electron chi connectivity index (χ2n) is 4.96. The summed E-state index contributed by atoms with van der Waals surface area (Å²) >= 11 is 5.17. The number of rotatable bonds is 5. The Morgan fingerprint density at radius 1 is 1.18 bits per heavy atom. The summed E-state index contributed by atoms with van der Waals surface area (Å²) in [5.74, 6) is 0.560. The van der Waals surface area contributed by atoms with E-state index in [0.29, 0.717) is 17.4 Å². The molecule has 2 aromatic rings. The van der Waals surface area contributed by atoms with Crippen molar-refractivity contribution in [2.24, 2.45) is 0 Å². The van der Waals surface area contributed by atoms with Gasteiger partial charge in [-0.15, -0.1) is 0 Å². The molecule has 0 saturated carbocycles. The van der Waals surface area contributed by atoms with E-state index in [1.807, 2.05) is 25.1 Å². The molecule has 0 radical (unpaired) electrons. The van der Waals surface area contributed by atoms with Crippen LogP contribution in [-0.2, 0) is 11.3 Å². The van der Waals surface area contributed by atoms with Crippen molar-refractivity contribution in [1.29, 1.82) is 0 Å². The molecule has 0 aliphatic rings. The number of carbonyl (C=O) groups is 1. The maximum atomic E-state index is 11.7. The molecule has 3 N–H and O–H groups in total. The minimum Gasteiger partial charge on any atom is -0.467 e. The first-order valence-electron chi connectivity index (χ1n) is 6.96. The zero-order chi connectivity index (χ0) is 15.9. The average molecular weight is 317 g/mol. The summed E-state index contributed by atoms with van der Waals surface area (Å²) in [7, 11) is 0. The van der Waals surface area contributed by atoms with Gasteiger partial charge in [-0.3, -0.25) is 4.79 Å². The van der Waals surface area contributed by atoms with Crippen molar-refractivity contribution in [2.75, 3.05) is 11.9 Å². The number of aryl methyl sites for hydroxylation is 2. The molecule has 0 spiro atoms. The lowest BCUT2D eigenvalue weighted by Gasteiger charge is -2.11. The Labute approximate surface area is 135 Å². The number of nitrogens with one attached hydrogen (secondary N) is 3. The highest BCUT2D eigenvalue weighted by molar-refractivity contribution is 7.80. The fourth-order valence-electron chi connectivity index (χ4n) is 1.82. The fraction of sp³-hybridized carbons (Fsp3) is 0.250. The third-order valence-electron chi connectivity index (χ3n) is 3.21. The van der Waals surface area contributed by atoms with Gasteiger partial charge < -0.3 is 20.4 Å². The predicted molar refractivity (Wildman–Crippen MR) is 90.7 cm³/mol. The van der Waals surface area contributed by atoms with Gasteiger partial charge in [0.15, 0.2) is 5.11 Å². The molecule has 22 heavy (non-hydrogen) atoms. The van der Waals surface area contributed by atoms with Gasteiger partial charge in [0.2, 0.25) is 5.91 Å². The molecule has 1 amide bonds. The number of benzene rings is 1. The maximum absolute atomic E-state index is 11.7. The SMILES string of the molecule is Cc1ccc(NC(=S)NCC(=O)NCc2ccco2)cc1C. The van der Waals surface area contributed by atoms with Gasteiger partial charge in [-0.05, 0) is 61.5 Å². The number of hydrogen-bond donors (Lipinski definition) is 3. The van der Waals surface area contributed by atoms with Crippen LogP contribution in [0.15, 0.2) is 41.0 Å². The van der Waals surface area contributed by atoms with E-state index in [0.717, 1.165) is 5.69 Å². The van der Waals surface area contributed by atoms with Crippen LogP contribution in [0.4, 0.5) is 5.69 Å². The third-order valence-corrected chi connectivity index (χ3v) is 3.46. The minimum absolute atomic E-state index is 0.109. The standard InChI is InChI=1S/C16H19N3O2S/c1-11-5-6-13(8-12(11)2)19-16(22)18-10-15(20)17-9-14-4-3-7-21-14/h3-8H,9-10H2,1-2H3,(H,17,20)(H2,18,19,22). The van der Waals surface area contributed by atoms with Gasteiger partial charge in [0, 0.05) is 5.69 Å². The Kier molecular flexibility index (Phi) is 5.55. The van der Waals surface area contributed by atoms with E-state index in [9.17, 15) is 4.79 Å². The van der Waals surface area contributed by atoms with Crippen molar-refractivity contribution < 1.29 is 9.21 Å². The summed E-state index contributed by atoms with van der Waals surface area (Å²) in [4.78, 5) is 11.7. The van der Waals surface area contributed by atoms with Gasteiger partial charge in [0.05, 0.1) is 19.4 Å². The van der Waals surface area contributed by atoms with Gasteiger partial charge in [-0.25, -0.2) is 0 Å². The van der Waals surface area contributed by atoms with E-state index in [1.165, 1.54) is 11.1 Å². The normalized spacial score (nSPS) is 10.1. The molecule has 0 atom stereocenters. The van der Waals surface area contributed by atoms with Crippen molar-refractivity contribution in [2.45, 2.75) is 20.4 Å². The van der Waals surface area contributed by atoms with Crippen LogP contribution >= 0.6 is 12.2 Å². The highest BCUT2D eigenvalue weighted by atomic mass is 32.1. The lowest BCUT2D eigenvalue weighted by Crippen LogP contribution is -2.38. The Morgan fingerprint density at radius 3 is 2.68 bits per heavy atom. The maximum Gasteiger partial charge on any atom is 0.239 e. The lowest BCUT2D eigenvalue weighted by molar-refractivity contribution is -0.120. The van der Waals surface area contributed by atoms with E-state index in [4.69, 9.17) is 16.6 Å². The second-order valence-corrected chi connectivity index (χ2v) is 5.37. The summed E-state index contributed by atoms with van der Waals surface area (Å²) in [6, 6.07) is 9.58. The summed E-state index contributed by atoms with van der Waals surface area (Å²) in [5.41, 5.74) is 3.31.